The summed E-state index contributed by atoms with van der Waals surface area (Å²) in [6.45, 7) is 2.92. The van der Waals surface area contributed by atoms with E-state index in [9.17, 15) is 4.79 Å². The predicted molar refractivity (Wildman–Crippen MR) is 92.9 cm³/mol. The van der Waals surface area contributed by atoms with E-state index >= 15 is 0 Å². The maximum atomic E-state index is 12.8. The fourth-order valence-corrected chi connectivity index (χ4v) is 2.47. The van der Waals surface area contributed by atoms with Crippen LogP contribution >= 0.6 is 23.2 Å². The number of carbonyl (C=O) groups excluding carboxylic acids is 1. The van der Waals surface area contributed by atoms with Gasteiger partial charge in [0.2, 0.25) is 0 Å². The second-order valence-corrected chi connectivity index (χ2v) is 6.04. The van der Waals surface area contributed by atoms with Gasteiger partial charge in [-0.2, -0.15) is 0 Å². The average Bonchev–Trinajstić information content (AvgIpc) is 2.53. The number of unbranched alkanes of at least 4 members (excludes halogenated alkanes) is 1. The first kappa shape index (κ1) is 17.0. The first-order valence-electron chi connectivity index (χ1n) is 7.40. The summed E-state index contributed by atoms with van der Waals surface area (Å²) in [5.74, 6) is 0.0371. The minimum absolute atomic E-state index is 0.0371. The number of carbonyl (C=O) groups is 1. The van der Waals surface area contributed by atoms with Crippen molar-refractivity contribution in [3.05, 3.63) is 69.7 Å². The molecule has 0 aliphatic rings. The zero-order valence-electron chi connectivity index (χ0n) is 12.5. The molecule has 0 saturated carbocycles. The Balaban J connectivity index is 2.24. The molecule has 0 amide bonds. The number of benzene rings is 2. The van der Waals surface area contributed by atoms with Crippen LogP contribution in [0.2, 0.25) is 10.0 Å². The number of hydrogen-bond acceptors (Lipinski definition) is 2. The van der Waals surface area contributed by atoms with Crippen molar-refractivity contribution in [2.45, 2.75) is 25.8 Å². The van der Waals surface area contributed by atoms with Gasteiger partial charge in [-0.05, 0) is 54.9 Å². The van der Waals surface area contributed by atoms with Gasteiger partial charge in [-0.25, -0.2) is 0 Å². The Morgan fingerprint density at radius 2 is 1.55 bits per heavy atom. The van der Waals surface area contributed by atoms with Crippen LogP contribution in [0.15, 0.2) is 48.5 Å². The quantitative estimate of drug-likeness (QED) is 0.548. The van der Waals surface area contributed by atoms with Crippen molar-refractivity contribution in [2.75, 3.05) is 6.54 Å². The first-order valence-corrected chi connectivity index (χ1v) is 8.16. The first-order chi connectivity index (χ1) is 10.6. The molecule has 2 rings (SSSR count). The van der Waals surface area contributed by atoms with E-state index in [0.717, 1.165) is 24.9 Å². The lowest BCUT2D eigenvalue weighted by Gasteiger charge is -2.18. The van der Waals surface area contributed by atoms with Gasteiger partial charge in [0, 0.05) is 15.6 Å². The summed E-state index contributed by atoms with van der Waals surface area (Å²) >= 11 is 11.8. The normalized spacial score (nSPS) is 12.1. The van der Waals surface area contributed by atoms with E-state index in [4.69, 9.17) is 23.2 Å². The van der Waals surface area contributed by atoms with Gasteiger partial charge in [0.05, 0.1) is 6.04 Å². The molecule has 1 atom stereocenters. The van der Waals surface area contributed by atoms with Gasteiger partial charge >= 0.3 is 0 Å². The van der Waals surface area contributed by atoms with Gasteiger partial charge < -0.3 is 5.32 Å². The molecule has 0 heterocycles. The Kier molecular flexibility index (Phi) is 6.44. The van der Waals surface area contributed by atoms with Gasteiger partial charge in [0.1, 0.15) is 0 Å². The van der Waals surface area contributed by atoms with Crippen molar-refractivity contribution in [2.24, 2.45) is 0 Å². The van der Waals surface area contributed by atoms with E-state index in [2.05, 4.69) is 12.2 Å². The fourth-order valence-electron chi connectivity index (χ4n) is 2.22. The number of halogens is 2. The van der Waals surface area contributed by atoms with Crippen molar-refractivity contribution in [3.63, 3.8) is 0 Å². The van der Waals surface area contributed by atoms with Crippen LogP contribution in [0.5, 0.6) is 0 Å². The highest BCUT2D eigenvalue weighted by Gasteiger charge is 2.21. The van der Waals surface area contributed by atoms with Gasteiger partial charge in [-0.15, -0.1) is 0 Å². The summed E-state index contributed by atoms with van der Waals surface area (Å²) in [4.78, 5) is 12.8. The summed E-state index contributed by atoms with van der Waals surface area (Å²) in [7, 11) is 0. The molecule has 22 heavy (non-hydrogen) atoms. The summed E-state index contributed by atoms with van der Waals surface area (Å²) in [6, 6.07) is 14.0. The number of ketones is 1. The average molecular weight is 336 g/mol. The number of hydrogen-bond donors (Lipinski definition) is 1. The topological polar surface area (TPSA) is 29.1 Å². The molecule has 116 valence electrons. The smallest absolute Gasteiger partial charge is 0.184 e. The van der Waals surface area contributed by atoms with E-state index in [0.29, 0.717) is 15.6 Å². The maximum Gasteiger partial charge on any atom is 0.184 e. The van der Waals surface area contributed by atoms with Crippen LogP contribution in [0.4, 0.5) is 0 Å². The molecule has 2 aromatic rings. The predicted octanol–water partition coefficient (Wildman–Crippen LogP) is 5.31. The zero-order valence-corrected chi connectivity index (χ0v) is 14.0. The maximum absolute atomic E-state index is 12.8. The molecule has 0 radical (unpaired) electrons. The van der Waals surface area contributed by atoms with Crippen molar-refractivity contribution >= 4 is 29.0 Å². The second kappa shape index (κ2) is 8.33. The molecule has 0 bridgehead atoms. The molecule has 0 unspecified atom stereocenters. The molecule has 0 spiro atoms. The van der Waals surface area contributed by atoms with E-state index in [1.54, 1.807) is 36.4 Å². The lowest BCUT2D eigenvalue weighted by Crippen LogP contribution is -2.29. The molecular formula is C18H19Cl2NO. The van der Waals surface area contributed by atoms with Crippen LogP contribution in [0.1, 0.15) is 41.7 Å². The summed E-state index contributed by atoms with van der Waals surface area (Å²) in [5.41, 5.74) is 1.56. The Bertz CT molecular complexity index is 608. The molecule has 4 heteroatoms. The standard InChI is InChI=1S/C18H19Cl2NO/c1-2-3-12-21-17(13-4-8-15(19)9-5-13)18(22)14-6-10-16(20)11-7-14/h4-11,17,21H,2-3,12H2,1H3/t17-/m1/s1. The highest BCUT2D eigenvalue weighted by Crippen LogP contribution is 2.22. The Morgan fingerprint density at radius 3 is 2.09 bits per heavy atom. The van der Waals surface area contributed by atoms with Gasteiger partial charge in [0.25, 0.3) is 0 Å². The lowest BCUT2D eigenvalue weighted by atomic mass is 9.97. The van der Waals surface area contributed by atoms with E-state index in [1.165, 1.54) is 0 Å². The van der Waals surface area contributed by atoms with E-state index in [1.807, 2.05) is 12.1 Å². The minimum Gasteiger partial charge on any atom is -0.303 e. The largest absolute Gasteiger partial charge is 0.303 e. The minimum atomic E-state index is -0.370. The summed E-state index contributed by atoms with van der Waals surface area (Å²) in [5, 5.41) is 4.63. The second-order valence-electron chi connectivity index (χ2n) is 5.16. The van der Waals surface area contributed by atoms with Crippen LogP contribution in [-0.4, -0.2) is 12.3 Å². The van der Waals surface area contributed by atoms with Crippen molar-refractivity contribution < 1.29 is 4.79 Å². The van der Waals surface area contributed by atoms with Crippen molar-refractivity contribution in [1.29, 1.82) is 0 Å². The van der Waals surface area contributed by atoms with Crippen LogP contribution < -0.4 is 5.32 Å². The number of nitrogens with one attached hydrogen (secondary N) is 1. The zero-order chi connectivity index (χ0) is 15.9. The third-order valence-corrected chi connectivity index (χ3v) is 3.98. The van der Waals surface area contributed by atoms with E-state index in [-0.39, 0.29) is 11.8 Å². The molecular weight excluding hydrogens is 317 g/mol. The van der Waals surface area contributed by atoms with Crippen molar-refractivity contribution in [3.8, 4) is 0 Å². The highest BCUT2D eigenvalue weighted by atomic mass is 35.5. The summed E-state index contributed by atoms with van der Waals surface area (Å²) < 4.78 is 0. The molecule has 0 aliphatic carbocycles. The third kappa shape index (κ3) is 4.57. The molecule has 0 saturated heterocycles. The fraction of sp³-hybridized carbons (Fsp3) is 0.278. The Morgan fingerprint density at radius 1 is 1.00 bits per heavy atom. The van der Waals surface area contributed by atoms with Crippen LogP contribution in [-0.2, 0) is 0 Å². The molecule has 2 nitrogen and oxygen atoms in total. The molecule has 2 aromatic carbocycles. The van der Waals surface area contributed by atoms with Crippen LogP contribution in [0, 0.1) is 0 Å². The number of rotatable bonds is 7. The SMILES string of the molecule is CCCCN[C@@H](C(=O)c1ccc(Cl)cc1)c1ccc(Cl)cc1. The summed E-state index contributed by atoms with van der Waals surface area (Å²) in [6.07, 6.45) is 2.10. The molecule has 0 aliphatic heterocycles. The highest BCUT2D eigenvalue weighted by molar-refractivity contribution is 6.31. The Hall–Kier alpha value is -1.35. The molecule has 0 aromatic heterocycles. The van der Waals surface area contributed by atoms with Crippen LogP contribution in [0.25, 0.3) is 0 Å². The molecule has 1 N–H and O–H groups in total. The number of Topliss-reactive ketones (excluding diaryl/α,β-unsaturated/α-hetero) is 1. The van der Waals surface area contributed by atoms with Gasteiger partial charge in [-0.3, -0.25) is 4.79 Å². The van der Waals surface area contributed by atoms with E-state index < -0.39 is 0 Å². The van der Waals surface area contributed by atoms with Crippen molar-refractivity contribution in [1.82, 2.24) is 5.32 Å². The van der Waals surface area contributed by atoms with Gasteiger partial charge in [0.15, 0.2) is 5.78 Å². The monoisotopic (exact) mass is 335 g/mol. The van der Waals surface area contributed by atoms with Crippen LogP contribution in [0.3, 0.4) is 0 Å². The Labute approximate surface area is 141 Å². The third-order valence-electron chi connectivity index (χ3n) is 3.47. The molecule has 0 fully saturated rings. The van der Waals surface area contributed by atoms with Gasteiger partial charge in [-0.1, -0.05) is 48.7 Å². The lowest BCUT2D eigenvalue weighted by molar-refractivity contribution is 0.0943.